The quantitative estimate of drug-likeness (QED) is 0.765. The number of H-pyrrole nitrogens is 1. The van der Waals surface area contributed by atoms with E-state index in [9.17, 15) is 4.79 Å². The number of carbonyl (C=O) groups is 1. The molecule has 1 atom stereocenters. The fraction of sp³-hybridized carbons (Fsp3) is 0.357. The van der Waals surface area contributed by atoms with Crippen LogP contribution in [-0.2, 0) is 11.2 Å². The summed E-state index contributed by atoms with van der Waals surface area (Å²) in [6.07, 6.45) is -0.192. The predicted octanol–water partition coefficient (Wildman–Crippen LogP) is 1.52. The largest absolute Gasteiger partial charge is 0.384 e. The number of hydrogen-bond donors (Lipinski definition) is 3. The molecule has 0 bridgehead atoms. The van der Waals surface area contributed by atoms with Gasteiger partial charge in [-0.05, 0) is 31.9 Å². The Hall–Kier alpha value is -1.81. The smallest absolute Gasteiger partial charge is 0.248 e. The number of rotatable bonds is 4. The lowest BCUT2D eigenvalue weighted by molar-refractivity contribution is -0.128. The van der Waals surface area contributed by atoms with Gasteiger partial charge in [0, 0.05) is 23.1 Å². The van der Waals surface area contributed by atoms with Crippen molar-refractivity contribution in [1.82, 2.24) is 10.3 Å². The van der Waals surface area contributed by atoms with E-state index in [2.05, 4.69) is 16.4 Å². The second-order valence-electron chi connectivity index (χ2n) is 4.49. The van der Waals surface area contributed by atoms with E-state index in [1.54, 1.807) is 0 Å². The molecule has 0 fully saturated rings. The molecule has 0 radical (unpaired) electrons. The molecule has 0 aliphatic carbocycles. The van der Waals surface area contributed by atoms with Crippen LogP contribution in [0, 0.1) is 6.92 Å². The maximum absolute atomic E-state index is 11.3. The maximum Gasteiger partial charge on any atom is 0.248 e. The number of aliphatic hydroxyl groups is 1. The fourth-order valence-electron chi connectivity index (χ4n) is 2.12. The highest BCUT2D eigenvalue weighted by Gasteiger charge is 2.10. The fourth-order valence-corrected chi connectivity index (χ4v) is 2.12. The number of carbonyl (C=O) groups excluding carboxylic acids is 1. The van der Waals surface area contributed by atoms with E-state index < -0.39 is 6.10 Å². The highest BCUT2D eigenvalue weighted by Crippen LogP contribution is 2.21. The zero-order valence-corrected chi connectivity index (χ0v) is 10.7. The Balaban J connectivity index is 2.08. The van der Waals surface area contributed by atoms with Gasteiger partial charge in [-0.3, -0.25) is 4.79 Å². The summed E-state index contributed by atoms with van der Waals surface area (Å²) in [7, 11) is 0. The summed E-state index contributed by atoms with van der Waals surface area (Å²) in [5, 5.41) is 13.0. The first kappa shape index (κ1) is 12.6. The molecule has 0 saturated carbocycles. The van der Waals surface area contributed by atoms with Gasteiger partial charge in [-0.1, -0.05) is 18.2 Å². The van der Waals surface area contributed by atoms with Crippen LogP contribution in [0.3, 0.4) is 0 Å². The van der Waals surface area contributed by atoms with E-state index in [0.717, 1.165) is 17.6 Å². The van der Waals surface area contributed by atoms with E-state index in [4.69, 9.17) is 5.11 Å². The molecular weight excluding hydrogens is 228 g/mol. The number of aryl methyl sites for hydroxylation is 1. The highest BCUT2D eigenvalue weighted by molar-refractivity contribution is 5.84. The van der Waals surface area contributed by atoms with E-state index >= 15 is 0 Å². The van der Waals surface area contributed by atoms with Crippen molar-refractivity contribution in [1.29, 1.82) is 0 Å². The molecule has 0 aliphatic heterocycles. The minimum Gasteiger partial charge on any atom is -0.384 e. The van der Waals surface area contributed by atoms with Gasteiger partial charge in [0.2, 0.25) is 5.91 Å². The van der Waals surface area contributed by atoms with E-state index in [-0.39, 0.29) is 5.91 Å². The van der Waals surface area contributed by atoms with Crippen molar-refractivity contribution in [3.8, 4) is 0 Å². The minimum atomic E-state index is -0.950. The van der Waals surface area contributed by atoms with Crippen molar-refractivity contribution in [3.63, 3.8) is 0 Å². The number of nitrogens with one attached hydrogen (secondary N) is 2. The van der Waals surface area contributed by atoms with Crippen LogP contribution in [0.15, 0.2) is 24.3 Å². The standard InChI is InChI=1S/C14H18N2O2/c1-9-11(7-8-15-14(18)10(2)17)12-5-3-4-6-13(12)16-9/h3-6,10,16-17H,7-8H2,1-2H3,(H,15,18). The van der Waals surface area contributed by atoms with Gasteiger partial charge in [-0.25, -0.2) is 0 Å². The average Bonchev–Trinajstić information content (AvgIpc) is 2.65. The lowest BCUT2D eigenvalue weighted by atomic mass is 10.1. The molecule has 2 aromatic rings. The molecule has 0 saturated heterocycles. The highest BCUT2D eigenvalue weighted by atomic mass is 16.3. The van der Waals surface area contributed by atoms with Gasteiger partial charge < -0.3 is 15.4 Å². The van der Waals surface area contributed by atoms with Gasteiger partial charge in [-0.15, -0.1) is 0 Å². The lowest BCUT2D eigenvalue weighted by Gasteiger charge is -2.07. The van der Waals surface area contributed by atoms with Crippen LogP contribution < -0.4 is 5.32 Å². The third kappa shape index (κ3) is 2.54. The Kier molecular flexibility index (Phi) is 3.67. The van der Waals surface area contributed by atoms with E-state index in [1.165, 1.54) is 17.9 Å². The predicted molar refractivity (Wildman–Crippen MR) is 71.4 cm³/mol. The summed E-state index contributed by atoms with van der Waals surface area (Å²) < 4.78 is 0. The molecule has 0 aliphatic rings. The molecule has 1 heterocycles. The Bertz CT molecular complexity index is 558. The molecule has 1 amide bonds. The van der Waals surface area contributed by atoms with Crippen LogP contribution in [0.1, 0.15) is 18.2 Å². The Morgan fingerprint density at radius 3 is 2.89 bits per heavy atom. The molecule has 0 spiro atoms. The Morgan fingerprint density at radius 2 is 2.17 bits per heavy atom. The number of benzene rings is 1. The summed E-state index contributed by atoms with van der Waals surface area (Å²) in [4.78, 5) is 14.6. The van der Waals surface area contributed by atoms with Crippen molar-refractivity contribution in [2.45, 2.75) is 26.4 Å². The topological polar surface area (TPSA) is 65.1 Å². The first-order valence-electron chi connectivity index (χ1n) is 6.11. The van der Waals surface area contributed by atoms with Gasteiger partial charge in [0.1, 0.15) is 6.10 Å². The second-order valence-corrected chi connectivity index (χ2v) is 4.49. The van der Waals surface area contributed by atoms with Gasteiger partial charge in [0.15, 0.2) is 0 Å². The zero-order chi connectivity index (χ0) is 13.1. The normalized spacial score (nSPS) is 12.6. The molecule has 96 valence electrons. The number of aliphatic hydroxyl groups excluding tert-OH is 1. The molecule has 1 aromatic heterocycles. The number of aromatic nitrogens is 1. The monoisotopic (exact) mass is 246 g/mol. The van der Waals surface area contributed by atoms with Gasteiger partial charge in [0.25, 0.3) is 0 Å². The first-order valence-corrected chi connectivity index (χ1v) is 6.11. The SMILES string of the molecule is Cc1[nH]c2ccccc2c1CCNC(=O)C(C)O. The van der Waals surface area contributed by atoms with Crippen LogP contribution in [0.4, 0.5) is 0 Å². The molecule has 18 heavy (non-hydrogen) atoms. The minimum absolute atomic E-state index is 0.326. The number of hydrogen-bond acceptors (Lipinski definition) is 2. The second kappa shape index (κ2) is 5.23. The van der Waals surface area contributed by atoms with Gasteiger partial charge in [0.05, 0.1) is 0 Å². The summed E-state index contributed by atoms with van der Waals surface area (Å²) in [6.45, 7) is 4.03. The van der Waals surface area contributed by atoms with Crippen LogP contribution in [0.25, 0.3) is 10.9 Å². The third-order valence-electron chi connectivity index (χ3n) is 3.08. The van der Waals surface area contributed by atoms with E-state index in [0.29, 0.717) is 6.54 Å². The molecule has 3 N–H and O–H groups in total. The Morgan fingerprint density at radius 1 is 1.44 bits per heavy atom. The van der Waals surface area contributed by atoms with Crippen LogP contribution in [0.2, 0.25) is 0 Å². The molecule has 4 nitrogen and oxygen atoms in total. The molecular formula is C14H18N2O2. The molecule has 1 aromatic carbocycles. The first-order chi connectivity index (χ1) is 8.59. The number of para-hydroxylation sites is 1. The zero-order valence-electron chi connectivity index (χ0n) is 10.7. The van der Waals surface area contributed by atoms with Gasteiger partial charge >= 0.3 is 0 Å². The number of amides is 1. The molecule has 2 rings (SSSR count). The summed E-state index contributed by atoms with van der Waals surface area (Å²) in [6, 6.07) is 8.12. The maximum atomic E-state index is 11.3. The van der Waals surface area contributed by atoms with Crippen molar-refractivity contribution in [3.05, 3.63) is 35.5 Å². The van der Waals surface area contributed by atoms with E-state index in [1.807, 2.05) is 25.1 Å². The van der Waals surface area contributed by atoms with Crippen molar-refractivity contribution in [2.75, 3.05) is 6.54 Å². The summed E-state index contributed by atoms with van der Waals surface area (Å²) in [5.41, 5.74) is 3.46. The summed E-state index contributed by atoms with van der Waals surface area (Å²) in [5.74, 6) is -0.326. The van der Waals surface area contributed by atoms with Crippen LogP contribution in [-0.4, -0.2) is 28.6 Å². The van der Waals surface area contributed by atoms with Crippen molar-refractivity contribution < 1.29 is 9.90 Å². The molecule has 1 unspecified atom stereocenters. The third-order valence-corrected chi connectivity index (χ3v) is 3.08. The molecule has 4 heteroatoms. The van der Waals surface area contributed by atoms with Crippen LogP contribution >= 0.6 is 0 Å². The Labute approximate surface area is 106 Å². The van der Waals surface area contributed by atoms with Gasteiger partial charge in [-0.2, -0.15) is 0 Å². The van der Waals surface area contributed by atoms with Crippen LogP contribution in [0.5, 0.6) is 0 Å². The average molecular weight is 246 g/mol. The van der Waals surface area contributed by atoms with Crippen molar-refractivity contribution in [2.24, 2.45) is 0 Å². The van der Waals surface area contributed by atoms with Crippen molar-refractivity contribution >= 4 is 16.8 Å². The lowest BCUT2D eigenvalue weighted by Crippen LogP contribution is -2.33. The number of fused-ring (bicyclic) bond motifs is 1. The summed E-state index contributed by atoms with van der Waals surface area (Å²) >= 11 is 0. The number of aromatic amines is 1.